The van der Waals surface area contributed by atoms with Gasteiger partial charge in [0, 0.05) is 21.0 Å². The van der Waals surface area contributed by atoms with Gasteiger partial charge in [-0.2, -0.15) is 0 Å². The number of anilines is 1. The first-order chi connectivity index (χ1) is 18.6. The number of carbonyl (C=O) groups excluding carboxylic acids is 2. The summed E-state index contributed by atoms with van der Waals surface area (Å²) in [5.74, 6) is -0.639. The Morgan fingerprint density at radius 3 is 2.64 bits per heavy atom. The zero-order chi connectivity index (χ0) is 27.7. The van der Waals surface area contributed by atoms with Crippen LogP contribution in [0.3, 0.4) is 0 Å². The Balaban J connectivity index is 1.52. The van der Waals surface area contributed by atoms with Gasteiger partial charge < -0.3 is 10.1 Å². The van der Waals surface area contributed by atoms with E-state index in [2.05, 4.69) is 43.6 Å². The van der Waals surface area contributed by atoms with Gasteiger partial charge in [-0.3, -0.25) is 4.79 Å². The van der Waals surface area contributed by atoms with E-state index < -0.39 is 18.5 Å². The van der Waals surface area contributed by atoms with Crippen LogP contribution in [0.1, 0.15) is 59.2 Å². The molecule has 1 aliphatic carbocycles. The van der Waals surface area contributed by atoms with E-state index in [4.69, 9.17) is 21.3 Å². The van der Waals surface area contributed by atoms with Gasteiger partial charge in [0.2, 0.25) is 0 Å². The number of hydrogen-bond acceptors (Lipinski definition) is 5. The van der Waals surface area contributed by atoms with Crippen LogP contribution in [-0.4, -0.2) is 23.5 Å². The molecule has 5 rings (SSSR count). The number of ether oxygens (including phenoxy) is 1. The standard InChI is InChI=1S/C32H31ClN2O3S/c1-19-25(33)11-7-13-26(19)34-28(36)18-38-31(37)29-23-10-5-6-12-27(23)35-30-20(16-22-9-8-14-39-22)15-21(17-24(29)30)32(2,3)4/h5-14,16,21H,15,17-18H2,1-4H3,(H,34,36)/b20-16-/t21-/m1/s1. The van der Waals surface area contributed by atoms with Gasteiger partial charge in [0.15, 0.2) is 6.61 Å². The predicted octanol–water partition coefficient (Wildman–Crippen LogP) is 8.20. The second kappa shape index (κ2) is 10.9. The number of halogens is 1. The SMILES string of the molecule is Cc1c(Cl)cccc1NC(=O)COC(=O)c1c2c(nc3ccccc13)/C(=C\c1cccs1)C[C@@H](C(C)(C)C)C2. The summed E-state index contributed by atoms with van der Waals surface area (Å²) in [6.07, 6.45) is 3.77. The van der Waals surface area contributed by atoms with Crippen LogP contribution in [-0.2, 0) is 16.0 Å². The topological polar surface area (TPSA) is 68.3 Å². The Hall–Kier alpha value is -3.48. The molecule has 0 unspecified atom stereocenters. The Morgan fingerprint density at radius 1 is 1.10 bits per heavy atom. The number of benzene rings is 2. The summed E-state index contributed by atoms with van der Waals surface area (Å²) in [6.45, 7) is 8.13. The number of rotatable bonds is 5. The number of esters is 1. The van der Waals surface area contributed by atoms with Crippen LogP contribution in [0, 0.1) is 18.3 Å². The lowest BCUT2D eigenvalue weighted by Gasteiger charge is -2.36. The number of fused-ring (bicyclic) bond motifs is 2. The molecule has 0 aliphatic heterocycles. The molecular weight excluding hydrogens is 528 g/mol. The lowest BCUT2D eigenvalue weighted by Crippen LogP contribution is -2.29. The van der Waals surface area contributed by atoms with Gasteiger partial charge in [-0.1, -0.05) is 62.7 Å². The van der Waals surface area contributed by atoms with Crippen molar-refractivity contribution in [2.75, 3.05) is 11.9 Å². The van der Waals surface area contributed by atoms with Gasteiger partial charge in [-0.15, -0.1) is 11.3 Å². The van der Waals surface area contributed by atoms with Gasteiger partial charge in [0.25, 0.3) is 5.91 Å². The van der Waals surface area contributed by atoms with Crippen molar-refractivity contribution in [1.82, 2.24) is 4.98 Å². The maximum absolute atomic E-state index is 13.7. The fourth-order valence-electron chi connectivity index (χ4n) is 5.05. The molecule has 0 saturated heterocycles. The van der Waals surface area contributed by atoms with Crippen LogP contribution < -0.4 is 5.32 Å². The predicted molar refractivity (Wildman–Crippen MR) is 160 cm³/mol. The quantitative estimate of drug-likeness (QED) is 0.251. The van der Waals surface area contributed by atoms with Crippen molar-refractivity contribution >= 4 is 63.1 Å². The Bertz CT molecular complexity index is 1590. The number of nitrogens with one attached hydrogen (secondary N) is 1. The highest BCUT2D eigenvalue weighted by atomic mass is 35.5. The zero-order valence-electron chi connectivity index (χ0n) is 22.5. The number of thiophene rings is 1. The molecule has 2 aromatic carbocycles. The first kappa shape index (κ1) is 27.1. The van der Waals surface area contributed by atoms with Gasteiger partial charge in [0.1, 0.15) is 0 Å². The van der Waals surface area contributed by atoms with E-state index in [1.807, 2.05) is 37.3 Å². The lowest BCUT2D eigenvalue weighted by atomic mass is 9.69. The summed E-state index contributed by atoms with van der Waals surface area (Å²) in [4.78, 5) is 32.6. The van der Waals surface area contributed by atoms with Crippen molar-refractivity contribution in [2.45, 2.75) is 40.5 Å². The molecule has 7 heteroatoms. The molecule has 1 amide bonds. The normalized spacial score (nSPS) is 16.2. The molecule has 4 aromatic rings. The smallest absolute Gasteiger partial charge is 0.339 e. The summed E-state index contributed by atoms with van der Waals surface area (Å²) >= 11 is 7.86. The van der Waals surface area contributed by atoms with Gasteiger partial charge in [-0.05, 0) is 83.5 Å². The fourth-order valence-corrected chi connectivity index (χ4v) is 5.90. The molecule has 0 fully saturated rings. The number of para-hydroxylation sites is 1. The summed E-state index contributed by atoms with van der Waals surface area (Å²) in [7, 11) is 0. The summed E-state index contributed by atoms with van der Waals surface area (Å²) in [5.41, 5.74) is 5.44. The number of hydrogen-bond donors (Lipinski definition) is 1. The van der Waals surface area contributed by atoms with Crippen molar-refractivity contribution in [3.05, 3.63) is 92.3 Å². The maximum atomic E-state index is 13.7. The fraction of sp³-hybridized carbons (Fsp3) is 0.281. The number of aromatic nitrogens is 1. The molecule has 39 heavy (non-hydrogen) atoms. The first-order valence-corrected chi connectivity index (χ1v) is 14.3. The minimum Gasteiger partial charge on any atom is -0.452 e. The molecule has 2 heterocycles. The van der Waals surface area contributed by atoms with E-state index in [1.54, 1.807) is 29.5 Å². The molecule has 200 valence electrons. The Kier molecular flexibility index (Phi) is 7.61. The Morgan fingerprint density at radius 2 is 1.90 bits per heavy atom. The first-order valence-electron chi connectivity index (χ1n) is 13.0. The molecule has 0 radical (unpaired) electrons. The van der Waals surface area contributed by atoms with Crippen molar-refractivity contribution in [2.24, 2.45) is 11.3 Å². The van der Waals surface area contributed by atoms with Gasteiger partial charge in [0.05, 0.1) is 16.8 Å². The van der Waals surface area contributed by atoms with E-state index in [1.165, 1.54) is 0 Å². The molecule has 0 saturated carbocycles. The van der Waals surface area contributed by atoms with E-state index in [0.29, 0.717) is 28.6 Å². The lowest BCUT2D eigenvalue weighted by molar-refractivity contribution is -0.119. The minimum atomic E-state index is -0.521. The van der Waals surface area contributed by atoms with Crippen LogP contribution in [0.25, 0.3) is 22.6 Å². The third-order valence-electron chi connectivity index (χ3n) is 7.38. The summed E-state index contributed by atoms with van der Waals surface area (Å²) in [5, 5.41) is 6.14. The molecular formula is C32H31ClN2O3S. The number of nitrogens with zero attached hydrogens (tertiary/aromatic N) is 1. The summed E-state index contributed by atoms with van der Waals surface area (Å²) < 4.78 is 5.64. The third-order valence-corrected chi connectivity index (χ3v) is 8.61. The largest absolute Gasteiger partial charge is 0.452 e. The van der Waals surface area contributed by atoms with Gasteiger partial charge in [-0.25, -0.2) is 9.78 Å². The number of amides is 1. The molecule has 0 bridgehead atoms. The molecule has 0 spiro atoms. The number of pyridine rings is 1. The van der Waals surface area contributed by atoms with E-state index in [9.17, 15) is 9.59 Å². The van der Waals surface area contributed by atoms with Crippen molar-refractivity contribution in [3.63, 3.8) is 0 Å². The third kappa shape index (κ3) is 5.77. The molecule has 5 nitrogen and oxygen atoms in total. The Labute approximate surface area is 237 Å². The average molecular weight is 559 g/mol. The van der Waals surface area contributed by atoms with Crippen molar-refractivity contribution in [3.8, 4) is 0 Å². The minimum absolute atomic E-state index is 0.0216. The van der Waals surface area contributed by atoms with Crippen LogP contribution in [0.15, 0.2) is 60.0 Å². The number of allylic oxidation sites excluding steroid dienone is 1. The van der Waals surface area contributed by atoms with E-state index >= 15 is 0 Å². The highest BCUT2D eigenvalue weighted by Crippen LogP contribution is 2.45. The molecule has 2 aromatic heterocycles. The average Bonchev–Trinajstić information content (AvgIpc) is 3.41. The number of carbonyl (C=O) groups is 2. The molecule has 1 N–H and O–H groups in total. The zero-order valence-corrected chi connectivity index (χ0v) is 24.1. The highest BCUT2D eigenvalue weighted by molar-refractivity contribution is 7.10. The summed E-state index contributed by atoms with van der Waals surface area (Å²) in [6, 6.07) is 17.0. The maximum Gasteiger partial charge on any atom is 0.339 e. The highest BCUT2D eigenvalue weighted by Gasteiger charge is 2.35. The van der Waals surface area contributed by atoms with E-state index in [0.717, 1.165) is 44.6 Å². The monoisotopic (exact) mass is 558 g/mol. The van der Waals surface area contributed by atoms with Crippen LogP contribution >= 0.6 is 22.9 Å². The van der Waals surface area contributed by atoms with Crippen molar-refractivity contribution < 1.29 is 14.3 Å². The van der Waals surface area contributed by atoms with Crippen molar-refractivity contribution in [1.29, 1.82) is 0 Å². The second-order valence-corrected chi connectivity index (χ2v) is 12.4. The second-order valence-electron chi connectivity index (χ2n) is 11.0. The molecule has 1 aliphatic rings. The van der Waals surface area contributed by atoms with Crippen LogP contribution in [0.2, 0.25) is 5.02 Å². The van der Waals surface area contributed by atoms with Gasteiger partial charge >= 0.3 is 5.97 Å². The van der Waals surface area contributed by atoms with Crippen LogP contribution in [0.5, 0.6) is 0 Å². The van der Waals surface area contributed by atoms with E-state index in [-0.39, 0.29) is 5.41 Å². The molecule has 1 atom stereocenters. The van der Waals surface area contributed by atoms with Crippen LogP contribution in [0.4, 0.5) is 5.69 Å².